The number of rotatable bonds is 9. The molecule has 188 valence electrons. The van der Waals surface area contributed by atoms with E-state index in [1.54, 1.807) is 35.2 Å². The van der Waals surface area contributed by atoms with Crippen LogP contribution in [0.4, 0.5) is 5.69 Å². The first kappa shape index (κ1) is 25.3. The monoisotopic (exact) mass is 510 g/mol. The normalized spacial score (nSPS) is 15.8. The minimum absolute atomic E-state index is 0.0401. The van der Waals surface area contributed by atoms with E-state index in [-0.39, 0.29) is 29.6 Å². The second-order valence-corrected chi connectivity index (χ2v) is 10.2. The predicted octanol–water partition coefficient (Wildman–Crippen LogP) is 4.48. The largest absolute Gasteiger partial charge is 0.496 e. The van der Waals surface area contributed by atoms with Crippen molar-refractivity contribution in [2.24, 2.45) is 0 Å². The molecule has 3 aromatic carbocycles. The number of nitro benzene ring substituents is 1. The van der Waals surface area contributed by atoms with Gasteiger partial charge < -0.3 is 9.64 Å². The molecule has 0 spiro atoms. The third-order valence-electron chi connectivity index (χ3n) is 6.16. The number of likely N-dealkylation sites (tertiary alicyclic amines) is 1. The standard InChI is InChI=1S/C26H26N2O7S/c1-18-6-10-23(11-7-18)36(32,33)35-17-22-9-13-26(29)27(22)16-19-8-12-25(34-2)24(14-19)20-4-3-5-21(15-20)28(30)31/h3-8,10-12,14-15,22H,9,13,16-17H2,1-2H3. The molecule has 0 N–H and O–H groups in total. The van der Waals surface area contributed by atoms with Crippen molar-refractivity contribution in [3.05, 3.63) is 88.0 Å². The van der Waals surface area contributed by atoms with Crippen molar-refractivity contribution in [2.75, 3.05) is 13.7 Å². The highest BCUT2D eigenvalue weighted by Gasteiger charge is 2.33. The molecule has 0 aliphatic carbocycles. The molecule has 0 aromatic heterocycles. The lowest BCUT2D eigenvalue weighted by Gasteiger charge is -2.25. The van der Waals surface area contributed by atoms with Crippen LogP contribution in [-0.4, -0.2) is 43.9 Å². The summed E-state index contributed by atoms with van der Waals surface area (Å²) in [5, 5.41) is 11.2. The fourth-order valence-corrected chi connectivity index (χ4v) is 5.13. The number of hydrogen-bond donors (Lipinski definition) is 0. The SMILES string of the molecule is COc1ccc(CN2C(=O)CCC2COS(=O)(=O)c2ccc(C)cc2)cc1-c1cccc([N+](=O)[O-])c1. The van der Waals surface area contributed by atoms with Crippen molar-refractivity contribution in [1.29, 1.82) is 0 Å². The van der Waals surface area contributed by atoms with E-state index in [0.717, 1.165) is 11.1 Å². The van der Waals surface area contributed by atoms with Crippen LogP contribution in [0.1, 0.15) is 24.0 Å². The van der Waals surface area contributed by atoms with Crippen molar-refractivity contribution in [3.63, 3.8) is 0 Å². The van der Waals surface area contributed by atoms with Crippen molar-refractivity contribution in [3.8, 4) is 16.9 Å². The Morgan fingerprint density at radius 2 is 1.83 bits per heavy atom. The molecule has 3 aromatic rings. The fourth-order valence-electron chi connectivity index (χ4n) is 4.19. The van der Waals surface area contributed by atoms with Gasteiger partial charge in [0.2, 0.25) is 5.91 Å². The zero-order valence-electron chi connectivity index (χ0n) is 19.9. The summed E-state index contributed by atoms with van der Waals surface area (Å²) in [6.45, 7) is 1.96. The Hall–Kier alpha value is -3.76. The molecular weight excluding hydrogens is 484 g/mol. The van der Waals surface area contributed by atoms with Gasteiger partial charge in [-0.2, -0.15) is 8.42 Å². The molecule has 36 heavy (non-hydrogen) atoms. The number of benzene rings is 3. The van der Waals surface area contributed by atoms with Crippen LogP contribution in [0.25, 0.3) is 11.1 Å². The Bertz CT molecular complexity index is 1390. The molecule has 1 unspecified atom stereocenters. The summed E-state index contributed by atoms with van der Waals surface area (Å²) in [4.78, 5) is 25.1. The topological polar surface area (TPSA) is 116 Å². The van der Waals surface area contributed by atoms with Crippen LogP contribution >= 0.6 is 0 Å². The third-order valence-corrected chi connectivity index (χ3v) is 7.46. The van der Waals surface area contributed by atoms with Gasteiger partial charge in [0.1, 0.15) is 5.75 Å². The van der Waals surface area contributed by atoms with Gasteiger partial charge in [-0.05, 0) is 48.7 Å². The lowest BCUT2D eigenvalue weighted by molar-refractivity contribution is -0.384. The number of amides is 1. The van der Waals surface area contributed by atoms with E-state index in [1.165, 1.54) is 31.4 Å². The number of non-ortho nitro benzene ring substituents is 1. The van der Waals surface area contributed by atoms with Crippen molar-refractivity contribution in [1.82, 2.24) is 4.90 Å². The van der Waals surface area contributed by atoms with Gasteiger partial charge in [0.05, 0.1) is 29.6 Å². The molecule has 1 aliphatic rings. The number of carbonyl (C=O) groups is 1. The Kier molecular flexibility index (Phi) is 7.37. The number of hydrogen-bond acceptors (Lipinski definition) is 7. The minimum atomic E-state index is -3.95. The zero-order valence-corrected chi connectivity index (χ0v) is 20.7. The van der Waals surface area contributed by atoms with Crippen LogP contribution in [0.2, 0.25) is 0 Å². The summed E-state index contributed by atoms with van der Waals surface area (Å²) >= 11 is 0. The summed E-state index contributed by atoms with van der Waals surface area (Å²) < 4.78 is 36.0. The first-order valence-corrected chi connectivity index (χ1v) is 12.8. The molecule has 4 rings (SSSR count). The number of nitrogens with zero attached hydrogens (tertiary/aromatic N) is 2. The van der Waals surface area contributed by atoms with E-state index in [1.807, 2.05) is 19.1 Å². The third kappa shape index (κ3) is 5.55. The molecule has 1 aliphatic heterocycles. The molecule has 10 heteroatoms. The lowest BCUT2D eigenvalue weighted by Crippen LogP contribution is -2.36. The van der Waals surface area contributed by atoms with Crippen LogP contribution in [0, 0.1) is 17.0 Å². The van der Waals surface area contributed by atoms with Gasteiger partial charge >= 0.3 is 0 Å². The Labute approximate surface area is 209 Å². The highest BCUT2D eigenvalue weighted by atomic mass is 32.2. The average molecular weight is 511 g/mol. The van der Waals surface area contributed by atoms with Gasteiger partial charge in [0.25, 0.3) is 15.8 Å². The smallest absolute Gasteiger partial charge is 0.297 e. The Morgan fingerprint density at radius 1 is 1.08 bits per heavy atom. The van der Waals surface area contributed by atoms with E-state index in [0.29, 0.717) is 29.7 Å². The van der Waals surface area contributed by atoms with E-state index in [4.69, 9.17) is 8.92 Å². The maximum absolute atomic E-state index is 12.6. The number of ether oxygens (including phenoxy) is 1. The van der Waals surface area contributed by atoms with E-state index < -0.39 is 21.1 Å². The molecule has 9 nitrogen and oxygen atoms in total. The van der Waals surface area contributed by atoms with E-state index in [9.17, 15) is 23.3 Å². The van der Waals surface area contributed by atoms with E-state index >= 15 is 0 Å². The molecule has 0 radical (unpaired) electrons. The van der Waals surface area contributed by atoms with Gasteiger partial charge in [-0.1, -0.05) is 35.9 Å². The van der Waals surface area contributed by atoms with Gasteiger partial charge in [-0.25, -0.2) is 0 Å². The van der Waals surface area contributed by atoms with Crippen molar-refractivity contribution < 1.29 is 27.1 Å². The minimum Gasteiger partial charge on any atom is -0.496 e. The maximum atomic E-state index is 12.6. The molecular formula is C26H26N2O7S. The summed E-state index contributed by atoms with van der Waals surface area (Å²) in [6, 6.07) is 17.6. The average Bonchev–Trinajstić information content (AvgIpc) is 3.22. The van der Waals surface area contributed by atoms with Gasteiger partial charge in [0, 0.05) is 30.7 Å². The predicted molar refractivity (Wildman–Crippen MR) is 133 cm³/mol. The second-order valence-electron chi connectivity index (χ2n) is 8.61. The number of carbonyl (C=O) groups excluding carboxylic acids is 1. The molecule has 0 bridgehead atoms. The number of nitro groups is 1. The fraction of sp³-hybridized carbons (Fsp3) is 0.269. The second kappa shape index (κ2) is 10.5. The molecule has 1 atom stereocenters. The Morgan fingerprint density at radius 3 is 2.53 bits per heavy atom. The maximum Gasteiger partial charge on any atom is 0.297 e. The molecule has 0 saturated carbocycles. The highest BCUT2D eigenvalue weighted by Crippen LogP contribution is 2.34. The summed E-state index contributed by atoms with van der Waals surface area (Å²) in [5.74, 6) is 0.445. The van der Waals surface area contributed by atoms with Gasteiger partial charge in [0.15, 0.2) is 0 Å². The van der Waals surface area contributed by atoms with Crippen LogP contribution in [0.3, 0.4) is 0 Å². The molecule has 1 fully saturated rings. The van der Waals surface area contributed by atoms with E-state index in [2.05, 4.69) is 0 Å². The lowest BCUT2D eigenvalue weighted by atomic mass is 10.0. The van der Waals surface area contributed by atoms with Crippen LogP contribution in [0.15, 0.2) is 71.6 Å². The van der Waals surface area contributed by atoms with Crippen LogP contribution in [-0.2, 0) is 25.6 Å². The first-order chi connectivity index (χ1) is 17.2. The summed E-state index contributed by atoms with van der Waals surface area (Å²) in [7, 11) is -2.44. The molecule has 1 heterocycles. The molecule has 1 amide bonds. The quantitative estimate of drug-likeness (QED) is 0.237. The van der Waals surface area contributed by atoms with Crippen LogP contribution in [0.5, 0.6) is 5.75 Å². The Balaban J connectivity index is 1.53. The molecule has 1 saturated heterocycles. The highest BCUT2D eigenvalue weighted by molar-refractivity contribution is 7.86. The number of methoxy groups -OCH3 is 1. The number of aryl methyl sites for hydroxylation is 1. The van der Waals surface area contributed by atoms with Crippen molar-refractivity contribution >= 4 is 21.7 Å². The first-order valence-electron chi connectivity index (χ1n) is 11.4. The van der Waals surface area contributed by atoms with Crippen molar-refractivity contribution in [2.45, 2.75) is 37.2 Å². The zero-order chi connectivity index (χ0) is 25.9. The van der Waals surface area contributed by atoms with Gasteiger partial charge in [-0.15, -0.1) is 0 Å². The summed E-state index contributed by atoms with van der Waals surface area (Å²) in [6.07, 6.45) is 0.780. The summed E-state index contributed by atoms with van der Waals surface area (Å²) in [5.41, 5.74) is 2.94. The van der Waals surface area contributed by atoms with Crippen LogP contribution < -0.4 is 4.74 Å². The van der Waals surface area contributed by atoms with Gasteiger partial charge in [-0.3, -0.25) is 19.1 Å².